The summed E-state index contributed by atoms with van der Waals surface area (Å²) in [7, 11) is -3.69. The Balaban J connectivity index is 1.55. The molecule has 0 amide bonds. The topological polar surface area (TPSA) is 132 Å². The molecule has 30 heavy (non-hydrogen) atoms. The predicted octanol–water partition coefficient (Wildman–Crippen LogP) is 2.58. The molecule has 0 aliphatic carbocycles. The van der Waals surface area contributed by atoms with Gasteiger partial charge in [0.25, 0.3) is 5.69 Å². The van der Waals surface area contributed by atoms with Crippen LogP contribution < -0.4 is 14.8 Å². The number of non-ortho nitro benzene ring substituents is 1. The summed E-state index contributed by atoms with van der Waals surface area (Å²) in [5, 5.41) is 15.8. The minimum atomic E-state index is -3.69. The molecule has 2 heterocycles. The van der Waals surface area contributed by atoms with E-state index in [2.05, 4.69) is 15.0 Å². The van der Waals surface area contributed by atoms with Crippen LogP contribution in [0, 0.1) is 10.1 Å². The first-order chi connectivity index (χ1) is 14.4. The highest BCUT2D eigenvalue weighted by atomic mass is 32.2. The van der Waals surface area contributed by atoms with Gasteiger partial charge >= 0.3 is 0 Å². The van der Waals surface area contributed by atoms with Gasteiger partial charge < -0.3 is 14.8 Å². The maximum atomic E-state index is 12.4. The van der Waals surface area contributed by atoms with Crippen molar-refractivity contribution in [3.05, 3.63) is 69.2 Å². The lowest BCUT2D eigenvalue weighted by molar-refractivity contribution is -0.385. The quantitative estimate of drug-likeness (QED) is 0.391. The summed E-state index contributed by atoms with van der Waals surface area (Å²) in [6.07, 6.45) is 3.11. The molecule has 0 fully saturated rings. The summed E-state index contributed by atoms with van der Waals surface area (Å²) in [5.41, 5.74) is 0.952. The molecule has 0 spiro atoms. The van der Waals surface area contributed by atoms with Gasteiger partial charge in [-0.15, -0.1) is 0 Å². The zero-order valence-corrected chi connectivity index (χ0v) is 17.0. The van der Waals surface area contributed by atoms with Crippen molar-refractivity contribution >= 4 is 39.4 Å². The van der Waals surface area contributed by atoms with Gasteiger partial charge in [-0.3, -0.25) is 15.1 Å². The summed E-state index contributed by atoms with van der Waals surface area (Å²) in [4.78, 5) is 15.1. The van der Waals surface area contributed by atoms with E-state index in [-0.39, 0.29) is 24.0 Å². The molecular weight excluding hydrogens is 432 g/mol. The molecule has 4 rings (SSSR count). The Morgan fingerprint density at radius 3 is 2.80 bits per heavy atom. The lowest BCUT2D eigenvalue weighted by atomic mass is 10.1. The van der Waals surface area contributed by atoms with Crippen molar-refractivity contribution < 1.29 is 22.8 Å². The number of fused-ring (bicyclic) bond motifs is 1. The van der Waals surface area contributed by atoms with Crippen molar-refractivity contribution in [3.8, 4) is 5.75 Å². The Labute approximate surface area is 176 Å². The van der Waals surface area contributed by atoms with E-state index in [0.717, 1.165) is 0 Å². The second-order valence-electron chi connectivity index (χ2n) is 6.25. The van der Waals surface area contributed by atoms with Crippen LogP contribution in [0.5, 0.6) is 5.75 Å². The number of benzene rings is 2. The number of nitrogens with zero attached hydrogens (tertiary/aromatic N) is 2. The monoisotopic (exact) mass is 448 g/mol. The van der Waals surface area contributed by atoms with E-state index in [1.54, 1.807) is 23.7 Å². The molecule has 2 aliphatic rings. The van der Waals surface area contributed by atoms with E-state index in [9.17, 15) is 18.5 Å². The molecule has 0 radical (unpaired) electrons. The van der Waals surface area contributed by atoms with Crippen molar-refractivity contribution in [3.63, 3.8) is 0 Å². The van der Waals surface area contributed by atoms with Crippen molar-refractivity contribution in [1.29, 1.82) is 0 Å². The Hall–Kier alpha value is -2.93. The number of nitrogens with one attached hydrogen (secondary N) is 2. The summed E-state index contributed by atoms with van der Waals surface area (Å²) < 4.78 is 38.0. The summed E-state index contributed by atoms with van der Waals surface area (Å²) in [5.74, 6) is 0.481. The third-order valence-corrected chi connectivity index (χ3v) is 6.63. The molecule has 0 aromatic heterocycles. The third kappa shape index (κ3) is 4.46. The number of thioether (sulfide) groups is 1. The van der Waals surface area contributed by atoms with Crippen LogP contribution in [0.2, 0.25) is 0 Å². The van der Waals surface area contributed by atoms with Gasteiger partial charge in [-0.05, 0) is 29.7 Å². The number of sulfonamides is 1. The average Bonchev–Trinajstić information content (AvgIpc) is 3.24. The highest BCUT2D eigenvalue weighted by Crippen LogP contribution is 2.32. The second kappa shape index (κ2) is 8.44. The van der Waals surface area contributed by atoms with Crippen LogP contribution in [0.15, 0.2) is 57.9 Å². The number of nitro benzene ring substituents is 1. The van der Waals surface area contributed by atoms with Gasteiger partial charge in [-0.1, -0.05) is 11.8 Å². The molecule has 1 unspecified atom stereocenters. The van der Waals surface area contributed by atoms with Gasteiger partial charge in [0.2, 0.25) is 10.0 Å². The maximum Gasteiger partial charge on any atom is 0.270 e. The van der Waals surface area contributed by atoms with Crippen LogP contribution in [0.1, 0.15) is 11.1 Å². The first-order valence-electron chi connectivity index (χ1n) is 8.67. The zero-order valence-electron chi connectivity index (χ0n) is 15.3. The normalized spacial score (nSPS) is 18.1. The van der Waals surface area contributed by atoms with Crippen LogP contribution in [-0.2, 0) is 21.4 Å². The second-order valence-corrected chi connectivity index (χ2v) is 8.98. The maximum absolute atomic E-state index is 12.4. The summed E-state index contributed by atoms with van der Waals surface area (Å²) in [6.45, 7) is 0.260. The van der Waals surface area contributed by atoms with Gasteiger partial charge in [0, 0.05) is 35.7 Å². The molecule has 12 heteroatoms. The van der Waals surface area contributed by atoms with Gasteiger partial charge in [0.05, 0.1) is 22.1 Å². The fourth-order valence-corrected chi connectivity index (χ4v) is 4.90. The van der Waals surface area contributed by atoms with Crippen molar-refractivity contribution in [2.45, 2.75) is 17.0 Å². The number of hydrogen-bond acceptors (Lipinski definition) is 9. The van der Waals surface area contributed by atoms with Crippen molar-refractivity contribution in [2.75, 3.05) is 6.79 Å². The van der Waals surface area contributed by atoms with E-state index >= 15 is 0 Å². The molecule has 2 N–H and O–H groups in total. The number of ether oxygens (including phenoxy) is 2. The van der Waals surface area contributed by atoms with E-state index in [1.165, 1.54) is 42.2 Å². The summed E-state index contributed by atoms with van der Waals surface area (Å²) in [6, 6.07) is 8.76. The fourth-order valence-electron chi connectivity index (χ4n) is 2.84. The first kappa shape index (κ1) is 20.3. The lowest BCUT2D eigenvalue weighted by Crippen LogP contribution is -2.38. The Bertz CT molecular complexity index is 1120. The fraction of sp³-hybridized carbons (Fsp3) is 0.167. The largest absolute Gasteiger partial charge is 0.466 e. The van der Waals surface area contributed by atoms with Gasteiger partial charge in [-0.25, -0.2) is 8.42 Å². The van der Waals surface area contributed by atoms with Crippen molar-refractivity contribution in [2.24, 2.45) is 4.99 Å². The Morgan fingerprint density at radius 2 is 2.10 bits per heavy atom. The zero-order chi connectivity index (χ0) is 21.1. The number of hydrogen-bond donors (Lipinski definition) is 2. The molecule has 0 saturated heterocycles. The molecule has 0 saturated carbocycles. The van der Waals surface area contributed by atoms with E-state index in [1.807, 2.05) is 0 Å². The number of rotatable bonds is 6. The molecule has 10 nitrogen and oxygen atoms in total. The Kier molecular flexibility index (Phi) is 5.72. The van der Waals surface area contributed by atoms with Crippen LogP contribution in [-0.4, -0.2) is 31.8 Å². The highest BCUT2D eigenvalue weighted by molar-refractivity contribution is 8.03. The van der Waals surface area contributed by atoms with Gasteiger partial charge in [0.1, 0.15) is 11.2 Å². The SMILES string of the molecule is O=[N+]([O-])c1cc(C=Nc2ccc(S(=O)(=O)NC3NC=CS3)cc2)c2c(c1)COCO2. The summed E-state index contributed by atoms with van der Waals surface area (Å²) >= 11 is 1.31. The third-order valence-electron chi connectivity index (χ3n) is 4.23. The van der Waals surface area contributed by atoms with Crippen molar-refractivity contribution in [1.82, 2.24) is 10.0 Å². The van der Waals surface area contributed by atoms with E-state index in [4.69, 9.17) is 9.47 Å². The Morgan fingerprint density at radius 1 is 1.30 bits per heavy atom. The van der Waals surface area contributed by atoms with Gasteiger partial charge in [0.15, 0.2) is 6.79 Å². The van der Waals surface area contributed by atoms with E-state index < -0.39 is 20.4 Å². The highest BCUT2D eigenvalue weighted by Gasteiger charge is 2.21. The van der Waals surface area contributed by atoms with E-state index in [0.29, 0.717) is 22.6 Å². The number of nitro groups is 1. The molecule has 2 aromatic rings. The minimum Gasteiger partial charge on any atom is -0.466 e. The van der Waals surface area contributed by atoms with Crippen LogP contribution in [0.25, 0.3) is 0 Å². The average molecular weight is 448 g/mol. The molecule has 2 aliphatic heterocycles. The standard InChI is InChI=1S/C18H16N4O6S2/c23-22(24)15-7-12(17-13(8-15)10-27-11-28-17)9-20-14-1-3-16(4-2-14)30(25,26)21-18-19-5-6-29-18/h1-9,18-19,21H,10-11H2. The lowest BCUT2D eigenvalue weighted by Gasteiger charge is -2.19. The van der Waals surface area contributed by atoms with Crippen LogP contribution in [0.3, 0.4) is 0 Å². The number of aliphatic imine (C=N–C) groups is 1. The van der Waals surface area contributed by atoms with Crippen LogP contribution in [0.4, 0.5) is 11.4 Å². The molecule has 2 aromatic carbocycles. The molecule has 0 bridgehead atoms. The minimum absolute atomic E-state index is 0.0505. The van der Waals surface area contributed by atoms with Gasteiger partial charge in [-0.2, -0.15) is 4.72 Å². The molecular formula is C18H16N4O6S2. The molecule has 156 valence electrons. The first-order valence-corrected chi connectivity index (χ1v) is 11.1. The van der Waals surface area contributed by atoms with Crippen LogP contribution >= 0.6 is 11.8 Å². The molecule has 1 atom stereocenters. The predicted molar refractivity (Wildman–Crippen MR) is 111 cm³/mol. The smallest absolute Gasteiger partial charge is 0.270 e.